The summed E-state index contributed by atoms with van der Waals surface area (Å²) in [5.74, 6) is 4.28. The zero-order chi connectivity index (χ0) is 16.0. The van der Waals surface area contributed by atoms with Gasteiger partial charge in [0, 0.05) is 12.1 Å². The van der Waals surface area contributed by atoms with Crippen LogP contribution < -0.4 is 5.32 Å². The third kappa shape index (κ3) is 5.20. The number of hydrogen-bond donors (Lipinski definition) is 2. The molecule has 0 bridgehead atoms. The quantitative estimate of drug-likeness (QED) is 0.841. The fraction of sp³-hybridized carbons (Fsp3) is 0.471. The SMILES string of the molecule is CC(CNC(=O)c1ccc(C#CCO)cc1F)C(C)(C)C. The highest BCUT2D eigenvalue weighted by molar-refractivity contribution is 5.94. The van der Waals surface area contributed by atoms with Crippen LogP contribution in [0.3, 0.4) is 0 Å². The molecule has 2 N–H and O–H groups in total. The van der Waals surface area contributed by atoms with Crippen molar-refractivity contribution in [3.05, 3.63) is 35.1 Å². The molecule has 0 aliphatic carbocycles. The Balaban J connectivity index is 2.75. The predicted octanol–water partition coefficient (Wildman–Crippen LogP) is 2.58. The van der Waals surface area contributed by atoms with Gasteiger partial charge < -0.3 is 10.4 Å². The van der Waals surface area contributed by atoms with E-state index in [1.165, 1.54) is 12.1 Å². The van der Waals surface area contributed by atoms with Gasteiger partial charge in [0.1, 0.15) is 12.4 Å². The van der Waals surface area contributed by atoms with E-state index in [9.17, 15) is 9.18 Å². The lowest BCUT2D eigenvalue weighted by molar-refractivity contribution is 0.0933. The van der Waals surface area contributed by atoms with Crippen LogP contribution in [-0.2, 0) is 0 Å². The Kier molecular flexibility index (Phi) is 5.92. The average molecular weight is 291 g/mol. The van der Waals surface area contributed by atoms with E-state index in [-0.39, 0.29) is 23.5 Å². The Morgan fingerprint density at radius 2 is 2.10 bits per heavy atom. The summed E-state index contributed by atoms with van der Waals surface area (Å²) < 4.78 is 13.9. The fourth-order valence-electron chi connectivity index (χ4n) is 1.57. The van der Waals surface area contributed by atoms with E-state index >= 15 is 0 Å². The van der Waals surface area contributed by atoms with Gasteiger partial charge in [0.2, 0.25) is 0 Å². The molecular weight excluding hydrogens is 269 g/mol. The summed E-state index contributed by atoms with van der Waals surface area (Å²) in [6, 6.07) is 4.17. The lowest BCUT2D eigenvalue weighted by atomic mass is 9.82. The minimum absolute atomic E-state index is 0.00524. The lowest BCUT2D eigenvalue weighted by Gasteiger charge is -2.27. The van der Waals surface area contributed by atoms with Gasteiger partial charge in [-0.3, -0.25) is 4.79 Å². The predicted molar refractivity (Wildman–Crippen MR) is 81.3 cm³/mol. The number of hydrogen-bond acceptors (Lipinski definition) is 2. The molecule has 0 radical (unpaired) electrons. The number of nitrogens with one attached hydrogen (secondary N) is 1. The first-order valence-corrected chi connectivity index (χ1v) is 6.93. The molecule has 0 heterocycles. The number of rotatable bonds is 3. The molecule has 1 atom stereocenters. The van der Waals surface area contributed by atoms with E-state index in [1.807, 2.05) is 6.92 Å². The highest BCUT2D eigenvalue weighted by Gasteiger charge is 2.21. The molecule has 1 rings (SSSR count). The third-order valence-corrected chi connectivity index (χ3v) is 3.57. The molecule has 0 aliphatic heterocycles. The maximum Gasteiger partial charge on any atom is 0.254 e. The highest BCUT2D eigenvalue weighted by atomic mass is 19.1. The van der Waals surface area contributed by atoms with Crippen LogP contribution in [0.2, 0.25) is 0 Å². The van der Waals surface area contributed by atoms with Crippen LogP contribution in [0.1, 0.15) is 43.6 Å². The summed E-state index contributed by atoms with van der Waals surface area (Å²) >= 11 is 0. The van der Waals surface area contributed by atoms with E-state index in [0.717, 1.165) is 0 Å². The van der Waals surface area contributed by atoms with Gasteiger partial charge in [0.25, 0.3) is 5.91 Å². The number of halogens is 1. The Hall–Kier alpha value is -1.86. The Bertz CT molecular complexity index is 564. The van der Waals surface area contributed by atoms with E-state index < -0.39 is 11.7 Å². The number of aliphatic hydroxyl groups excluding tert-OH is 1. The molecule has 0 fully saturated rings. The van der Waals surface area contributed by atoms with E-state index in [2.05, 4.69) is 37.9 Å². The number of benzene rings is 1. The molecule has 0 aliphatic rings. The van der Waals surface area contributed by atoms with Crippen molar-refractivity contribution in [1.82, 2.24) is 5.32 Å². The molecule has 21 heavy (non-hydrogen) atoms. The summed E-state index contributed by atoms with van der Waals surface area (Å²) in [5.41, 5.74) is 0.516. The molecule has 0 spiro atoms. The normalized spacial score (nSPS) is 12.3. The van der Waals surface area contributed by atoms with E-state index in [1.54, 1.807) is 6.07 Å². The largest absolute Gasteiger partial charge is 0.384 e. The molecule has 1 aromatic rings. The zero-order valence-electron chi connectivity index (χ0n) is 13.0. The first-order valence-electron chi connectivity index (χ1n) is 6.93. The summed E-state index contributed by atoms with van der Waals surface area (Å²) in [6.45, 7) is 8.55. The Labute approximate surface area is 125 Å². The summed E-state index contributed by atoms with van der Waals surface area (Å²) in [7, 11) is 0. The van der Waals surface area contributed by atoms with Crippen molar-refractivity contribution in [3.63, 3.8) is 0 Å². The van der Waals surface area contributed by atoms with Crippen molar-refractivity contribution in [3.8, 4) is 11.8 Å². The molecular formula is C17H22FNO2. The van der Waals surface area contributed by atoms with Gasteiger partial charge >= 0.3 is 0 Å². The number of carbonyl (C=O) groups excluding carboxylic acids is 1. The van der Waals surface area contributed by atoms with Crippen LogP contribution in [-0.4, -0.2) is 24.2 Å². The zero-order valence-corrected chi connectivity index (χ0v) is 13.0. The van der Waals surface area contributed by atoms with Crippen LogP contribution in [0.25, 0.3) is 0 Å². The Morgan fingerprint density at radius 1 is 1.43 bits per heavy atom. The van der Waals surface area contributed by atoms with E-state index in [4.69, 9.17) is 5.11 Å². The second-order valence-electron chi connectivity index (χ2n) is 6.13. The van der Waals surface area contributed by atoms with Gasteiger partial charge in [0.15, 0.2) is 0 Å². The maximum absolute atomic E-state index is 13.9. The van der Waals surface area contributed by atoms with Crippen molar-refractivity contribution >= 4 is 5.91 Å². The second-order valence-corrected chi connectivity index (χ2v) is 6.13. The molecule has 3 nitrogen and oxygen atoms in total. The van der Waals surface area contributed by atoms with Crippen LogP contribution in [0.4, 0.5) is 4.39 Å². The van der Waals surface area contributed by atoms with Crippen LogP contribution in [0, 0.1) is 29.0 Å². The van der Waals surface area contributed by atoms with Crippen LogP contribution in [0.15, 0.2) is 18.2 Å². The van der Waals surface area contributed by atoms with Crippen molar-refractivity contribution in [2.75, 3.05) is 13.2 Å². The van der Waals surface area contributed by atoms with Crippen molar-refractivity contribution in [2.45, 2.75) is 27.7 Å². The smallest absolute Gasteiger partial charge is 0.254 e. The van der Waals surface area contributed by atoms with Crippen molar-refractivity contribution < 1.29 is 14.3 Å². The van der Waals surface area contributed by atoms with Crippen molar-refractivity contribution in [1.29, 1.82) is 0 Å². The number of amides is 1. The monoisotopic (exact) mass is 291 g/mol. The number of aliphatic hydroxyl groups is 1. The molecule has 0 saturated carbocycles. The molecule has 0 aromatic heterocycles. The van der Waals surface area contributed by atoms with Gasteiger partial charge in [-0.05, 0) is 29.5 Å². The molecule has 114 valence electrons. The minimum Gasteiger partial charge on any atom is -0.384 e. The first-order chi connectivity index (χ1) is 9.75. The van der Waals surface area contributed by atoms with Crippen LogP contribution >= 0.6 is 0 Å². The van der Waals surface area contributed by atoms with Gasteiger partial charge in [-0.1, -0.05) is 39.5 Å². The molecule has 1 amide bonds. The molecule has 1 unspecified atom stereocenters. The molecule has 0 saturated heterocycles. The highest BCUT2D eigenvalue weighted by Crippen LogP contribution is 2.24. The molecule has 4 heteroatoms. The van der Waals surface area contributed by atoms with E-state index in [0.29, 0.717) is 12.1 Å². The second kappa shape index (κ2) is 7.24. The van der Waals surface area contributed by atoms with Crippen molar-refractivity contribution in [2.24, 2.45) is 11.3 Å². The summed E-state index contributed by atoms with van der Waals surface area (Å²) in [5, 5.41) is 11.3. The minimum atomic E-state index is -0.611. The number of carbonyl (C=O) groups is 1. The van der Waals surface area contributed by atoms with Crippen LogP contribution in [0.5, 0.6) is 0 Å². The molecule has 1 aromatic carbocycles. The first kappa shape index (κ1) is 17.2. The standard InChI is InChI=1S/C17H22FNO2/c1-12(17(2,3)4)11-19-16(21)14-8-7-13(6-5-9-20)10-15(14)18/h7-8,10,12,20H,9,11H2,1-4H3,(H,19,21). The van der Waals surface area contributed by atoms with Gasteiger partial charge in [-0.15, -0.1) is 0 Å². The average Bonchev–Trinajstić information content (AvgIpc) is 2.41. The maximum atomic E-state index is 13.9. The Morgan fingerprint density at radius 3 is 2.62 bits per heavy atom. The van der Waals surface area contributed by atoms with Gasteiger partial charge in [-0.2, -0.15) is 0 Å². The topological polar surface area (TPSA) is 49.3 Å². The summed E-state index contributed by atoms with van der Waals surface area (Å²) in [6.07, 6.45) is 0. The third-order valence-electron chi connectivity index (χ3n) is 3.57. The van der Waals surface area contributed by atoms with Gasteiger partial charge in [-0.25, -0.2) is 4.39 Å². The van der Waals surface area contributed by atoms with Gasteiger partial charge in [0.05, 0.1) is 5.56 Å². The lowest BCUT2D eigenvalue weighted by Crippen LogP contribution is -2.34. The summed E-state index contributed by atoms with van der Waals surface area (Å²) in [4.78, 5) is 12.0. The fourth-order valence-corrected chi connectivity index (χ4v) is 1.57.